The standard InChI is InChI=1S/C13H18FNO2/c1-9(10-5-7-11(14)8-6-10)15(4)13(2,3)12(16)17/h5-9H,1-4H3,(H,16,17). The predicted molar refractivity (Wildman–Crippen MR) is 64.3 cm³/mol. The minimum absolute atomic E-state index is 0.0956. The van der Waals surface area contributed by atoms with E-state index >= 15 is 0 Å². The van der Waals surface area contributed by atoms with E-state index in [0.717, 1.165) is 5.56 Å². The maximum atomic E-state index is 12.8. The molecule has 0 aliphatic heterocycles. The van der Waals surface area contributed by atoms with E-state index in [1.807, 2.05) is 6.92 Å². The number of carbonyl (C=O) groups is 1. The molecule has 0 amide bonds. The summed E-state index contributed by atoms with van der Waals surface area (Å²) in [4.78, 5) is 12.9. The Hall–Kier alpha value is -1.42. The number of hydrogen-bond donors (Lipinski definition) is 1. The summed E-state index contributed by atoms with van der Waals surface area (Å²) in [6, 6.07) is 6.02. The molecular formula is C13H18FNO2. The number of aliphatic carboxylic acids is 1. The van der Waals surface area contributed by atoms with Gasteiger partial charge in [0.25, 0.3) is 0 Å². The number of halogens is 1. The van der Waals surface area contributed by atoms with Crippen LogP contribution in [0.15, 0.2) is 24.3 Å². The van der Waals surface area contributed by atoms with Crippen LogP contribution in [-0.4, -0.2) is 28.6 Å². The summed E-state index contributed by atoms with van der Waals surface area (Å²) in [5, 5.41) is 9.15. The molecule has 0 saturated heterocycles. The quantitative estimate of drug-likeness (QED) is 0.878. The first kappa shape index (κ1) is 13.6. The maximum Gasteiger partial charge on any atom is 0.323 e. The summed E-state index contributed by atoms with van der Waals surface area (Å²) in [7, 11) is 1.75. The number of nitrogens with zero attached hydrogens (tertiary/aromatic N) is 1. The number of rotatable bonds is 4. The highest BCUT2D eigenvalue weighted by Crippen LogP contribution is 2.26. The van der Waals surface area contributed by atoms with Crippen molar-refractivity contribution in [3.8, 4) is 0 Å². The molecule has 17 heavy (non-hydrogen) atoms. The molecule has 1 N–H and O–H groups in total. The lowest BCUT2D eigenvalue weighted by Gasteiger charge is -2.36. The molecule has 0 aromatic heterocycles. The van der Waals surface area contributed by atoms with Gasteiger partial charge in [-0.25, -0.2) is 4.39 Å². The molecule has 0 aliphatic carbocycles. The molecular weight excluding hydrogens is 221 g/mol. The summed E-state index contributed by atoms with van der Waals surface area (Å²) in [5.41, 5.74) is -0.0726. The van der Waals surface area contributed by atoms with E-state index in [1.165, 1.54) is 12.1 Å². The Morgan fingerprint density at radius 2 is 1.82 bits per heavy atom. The van der Waals surface area contributed by atoms with Crippen LogP contribution in [0.4, 0.5) is 4.39 Å². The fourth-order valence-electron chi connectivity index (χ4n) is 1.60. The van der Waals surface area contributed by atoms with Crippen LogP contribution in [0.25, 0.3) is 0 Å². The molecule has 0 radical (unpaired) electrons. The molecule has 0 aliphatic rings. The van der Waals surface area contributed by atoms with E-state index in [9.17, 15) is 9.18 Å². The molecule has 1 unspecified atom stereocenters. The van der Waals surface area contributed by atoms with E-state index in [-0.39, 0.29) is 11.9 Å². The minimum atomic E-state index is -0.964. The zero-order valence-corrected chi connectivity index (χ0v) is 10.6. The van der Waals surface area contributed by atoms with Crippen molar-refractivity contribution in [1.82, 2.24) is 4.90 Å². The SMILES string of the molecule is CC(c1ccc(F)cc1)N(C)C(C)(C)C(=O)O. The van der Waals surface area contributed by atoms with Crippen molar-refractivity contribution in [3.05, 3.63) is 35.6 Å². The second-order valence-corrected chi connectivity index (χ2v) is 4.70. The normalized spacial score (nSPS) is 13.8. The second kappa shape index (κ2) is 4.84. The molecule has 0 fully saturated rings. The molecule has 0 saturated carbocycles. The summed E-state index contributed by atoms with van der Waals surface area (Å²) < 4.78 is 12.8. The van der Waals surface area contributed by atoms with Crippen LogP contribution >= 0.6 is 0 Å². The Bertz CT molecular complexity index is 400. The Balaban J connectivity index is 2.93. The van der Waals surface area contributed by atoms with Gasteiger partial charge in [0.05, 0.1) is 0 Å². The third-order valence-electron chi connectivity index (χ3n) is 3.34. The largest absolute Gasteiger partial charge is 0.480 e. The van der Waals surface area contributed by atoms with E-state index in [2.05, 4.69) is 0 Å². The van der Waals surface area contributed by atoms with Gasteiger partial charge in [0, 0.05) is 6.04 Å². The smallest absolute Gasteiger partial charge is 0.323 e. The molecule has 94 valence electrons. The fraction of sp³-hybridized carbons (Fsp3) is 0.462. The van der Waals surface area contributed by atoms with Gasteiger partial charge in [0.15, 0.2) is 0 Å². The lowest BCUT2D eigenvalue weighted by molar-refractivity contribution is -0.149. The van der Waals surface area contributed by atoms with Gasteiger partial charge >= 0.3 is 5.97 Å². The van der Waals surface area contributed by atoms with Crippen LogP contribution in [0.1, 0.15) is 32.4 Å². The van der Waals surface area contributed by atoms with Crippen molar-refractivity contribution in [2.45, 2.75) is 32.4 Å². The van der Waals surface area contributed by atoms with Gasteiger partial charge in [-0.15, -0.1) is 0 Å². The van der Waals surface area contributed by atoms with Crippen molar-refractivity contribution in [3.63, 3.8) is 0 Å². The third kappa shape index (κ3) is 2.82. The van der Waals surface area contributed by atoms with Gasteiger partial charge in [-0.05, 0) is 45.5 Å². The number of carboxylic acid groups (broad SMARTS) is 1. The van der Waals surface area contributed by atoms with E-state index in [0.29, 0.717) is 0 Å². The van der Waals surface area contributed by atoms with Crippen LogP contribution in [0, 0.1) is 5.82 Å². The molecule has 4 heteroatoms. The monoisotopic (exact) mass is 239 g/mol. The van der Waals surface area contributed by atoms with E-state index in [1.54, 1.807) is 37.9 Å². The zero-order chi connectivity index (χ0) is 13.2. The number of hydrogen-bond acceptors (Lipinski definition) is 2. The molecule has 1 rings (SSSR count). The molecule has 0 heterocycles. The summed E-state index contributed by atoms with van der Waals surface area (Å²) in [6.45, 7) is 5.20. The average Bonchev–Trinajstić information content (AvgIpc) is 2.27. The van der Waals surface area contributed by atoms with Crippen LogP contribution in [0.5, 0.6) is 0 Å². The van der Waals surface area contributed by atoms with Crippen molar-refractivity contribution < 1.29 is 14.3 Å². The molecule has 1 aromatic rings. The van der Waals surface area contributed by atoms with Gasteiger partial charge < -0.3 is 5.11 Å². The molecule has 1 aromatic carbocycles. The zero-order valence-electron chi connectivity index (χ0n) is 10.6. The molecule has 0 bridgehead atoms. The van der Waals surface area contributed by atoms with E-state index < -0.39 is 11.5 Å². The Kier molecular flexibility index (Phi) is 3.88. The average molecular weight is 239 g/mol. The number of likely N-dealkylation sites (N-methyl/N-ethyl adjacent to an activating group) is 1. The fourth-order valence-corrected chi connectivity index (χ4v) is 1.60. The molecule has 3 nitrogen and oxygen atoms in total. The van der Waals surface area contributed by atoms with E-state index in [4.69, 9.17) is 5.11 Å². The maximum absolute atomic E-state index is 12.8. The molecule has 1 atom stereocenters. The Morgan fingerprint density at radius 1 is 1.35 bits per heavy atom. The second-order valence-electron chi connectivity index (χ2n) is 4.70. The van der Waals surface area contributed by atoms with Crippen molar-refractivity contribution in [2.75, 3.05) is 7.05 Å². The Morgan fingerprint density at radius 3 is 2.24 bits per heavy atom. The number of carboxylic acids is 1. The van der Waals surface area contributed by atoms with Crippen LogP contribution in [-0.2, 0) is 4.79 Å². The van der Waals surface area contributed by atoms with Crippen molar-refractivity contribution >= 4 is 5.97 Å². The van der Waals surface area contributed by atoms with Gasteiger partial charge in [-0.1, -0.05) is 12.1 Å². The highest BCUT2D eigenvalue weighted by Gasteiger charge is 2.35. The van der Waals surface area contributed by atoms with Gasteiger partial charge in [-0.3, -0.25) is 9.69 Å². The summed E-state index contributed by atoms with van der Waals surface area (Å²) in [5.74, 6) is -1.17. The number of benzene rings is 1. The van der Waals surface area contributed by atoms with Crippen LogP contribution in [0.2, 0.25) is 0 Å². The van der Waals surface area contributed by atoms with Crippen molar-refractivity contribution in [2.24, 2.45) is 0 Å². The molecule has 0 spiro atoms. The van der Waals surface area contributed by atoms with Gasteiger partial charge in [0.1, 0.15) is 11.4 Å². The Labute approximate surface area is 101 Å². The summed E-state index contributed by atoms with van der Waals surface area (Å²) >= 11 is 0. The topological polar surface area (TPSA) is 40.5 Å². The third-order valence-corrected chi connectivity index (χ3v) is 3.34. The lowest BCUT2D eigenvalue weighted by atomic mass is 9.98. The highest BCUT2D eigenvalue weighted by atomic mass is 19.1. The van der Waals surface area contributed by atoms with Crippen LogP contribution < -0.4 is 0 Å². The lowest BCUT2D eigenvalue weighted by Crippen LogP contribution is -2.48. The van der Waals surface area contributed by atoms with Crippen LogP contribution in [0.3, 0.4) is 0 Å². The minimum Gasteiger partial charge on any atom is -0.480 e. The first-order chi connectivity index (χ1) is 7.76. The predicted octanol–water partition coefficient (Wildman–Crippen LogP) is 2.68. The van der Waals surface area contributed by atoms with Gasteiger partial charge in [0.2, 0.25) is 0 Å². The highest BCUT2D eigenvalue weighted by molar-refractivity contribution is 5.77. The first-order valence-corrected chi connectivity index (χ1v) is 5.48. The van der Waals surface area contributed by atoms with Crippen molar-refractivity contribution in [1.29, 1.82) is 0 Å². The summed E-state index contributed by atoms with van der Waals surface area (Å²) in [6.07, 6.45) is 0. The first-order valence-electron chi connectivity index (χ1n) is 5.48. The van der Waals surface area contributed by atoms with Gasteiger partial charge in [-0.2, -0.15) is 0 Å².